The Morgan fingerprint density at radius 1 is 1.42 bits per heavy atom. The maximum Gasteiger partial charge on any atom is 0.155 e. The number of nitrogens with zero attached hydrogens (tertiary/aromatic N) is 3. The van der Waals surface area contributed by atoms with Gasteiger partial charge in [-0.05, 0) is 42.1 Å². The van der Waals surface area contributed by atoms with Gasteiger partial charge in [0, 0.05) is 17.9 Å². The van der Waals surface area contributed by atoms with Crippen molar-refractivity contribution in [2.45, 2.75) is 19.8 Å². The number of carbonyl (C=O) groups excluding carboxylic acids is 1. The van der Waals surface area contributed by atoms with E-state index in [0.717, 1.165) is 16.9 Å². The predicted molar refractivity (Wildman–Crippen MR) is 74.1 cm³/mol. The lowest BCUT2D eigenvalue weighted by atomic mass is 10.0. The van der Waals surface area contributed by atoms with Crippen molar-refractivity contribution in [2.24, 2.45) is 5.11 Å². The second kappa shape index (κ2) is 7.95. The molecule has 0 N–H and O–H groups in total. The zero-order valence-corrected chi connectivity index (χ0v) is 11.2. The number of ether oxygens (including phenoxy) is 1. The lowest BCUT2D eigenvalue weighted by molar-refractivity contribution is -0.113. The summed E-state index contributed by atoms with van der Waals surface area (Å²) in [5, 5.41) is 3.44. The molecule has 1 aromatic carbocycles. The number of Topliss-reactive ketones (excluding diaryl/α,β-unsaturated/α-hetero) is 1. The van der Waals surface area contributed by atoms with Crippen molar-refractivity contribution in [3.63, 3.8) is 0 Å². The SMILES string of the molecule is COc1ccc(C/C(=C\CCN=[N+]=[N-])C(C)=O)cc1. The van der Waals surface area contributed by atoms with Gasteiger partial charge in [0.05, 0.1) is 7.11 Å². The van der Waals surface area contributed by atoms with Crippen molar-refractivity contribution in [1.82, 2.24) is 0 Å². The number of benzene rings is 1. The standard InChI is InChI=1S/C14H17N3O2/c1-11(18)13(4-3-9-16-17-15)10-12-5-7-14(19-2)8-6-12/h4-8H,3,9-10H2,1-2H3/b13-4+. The molecule has 0 heterocycles. The van der Waals surface area contributed by atoms with Gasteiger partial charge >= 0.3 is 0 Å². The highest BCUT2D eigenvalue weighted by molar-refractivity contribution is 5.93. The van der Waals surface area contributed by atoms with Crippen LogP contribution in [0, 0.1) is 0 Å². The molecule has 0 aromatic heterocycles. The summed E-state index contributed by atoms with van der Waals surface area (Å²) in [7, 11) is 1.62. The zero-order chi connectivity index (χ0) is 14.1. The number of allylic oxidation sites excluding steroid dienone is 1. The number of azide groups is 1. The van der Waals surface area contributed by atoms with E-state index in [2.05, 4.69) is 10.0 Å². The Morgan fingerprint density at radius 2 is 2.11 bits per heavy atom. The monoisotopic (exact) mass is 259 g/mol. The van der Waals surface area contributed by atoms with E-state index in [-0.39, 0.29) is 5.78 Å². The van der Waals surface area contributed by atoms with Crippen LogP contribution < -0.4 is 4.74 Å². The summed E-state index contributed by atoms with van der Waals surface area (Å²) in [4.78, 5) is 14.2. The largest absolute Gasteiger partial charge is 0.497 e. The van der Waals surface area contributed by atoms with Crippen LogP contribution in [-0.4, -0.2) is 19.4 Å². The average Bonchev–Trinajstić information content (AvgIpc) is 2.42. The Hall–Kier alpha value is -2.26. The summed E-state index contributed by atoms with van der Waals surface area (Å²) in [6, 6.07) is 7.60. The Labute approximate surface area is 112 Å². The van der Waals surface area contributed by atoms with Crippen molar-refractivity contribution in [2.75, 3.05) is 13.7 Å². The van der Waals surface area contributed by atoms with E-state index in [1.807, 2.05) is 30.3 Å². The topological polar surface area (TPSA) is 75.1 Å². The molecule has 100 valence electrons. The van der Waals surface area contributed by atoms with E-state index in [1.165, 1.54) is 0 Å². The van der Waals surface area contributed by atoms with E-state index in [4.69, 9.17) is 10.3 Å². The Bertz CT molecular complexity index is 500. The predicted octanol–water partition coefficient (Wildman–Crippen LogP) is 3.45. The molecule has 0 unspecified atom stereocenters. The third kappa shape index (κ3) is 5.27. The Balaban J connectivity index is 2.71. The Kier molecular flexibility index (Phi) is 6.19. The Morgan fingerprint density at radius 3 is 2.63 bits per heavy atom. The third-order valence-electron chi connectivity index (χ3n) is 2.69. The summed E-state index contributed by atoms with van der Waals surface area (Å²) in [6.07, 6.45) is 2.99. The van der Waals surface area contributed by atoms with Crippen LogP contribution in [0.15, 0.2) is 41.0 Å². The fourth-order valence-electron chi connectivity index (χ4n) is 1.64. The number of methoxy groups -OCH3 is 1. The maximum atomic E-state index is 11.5. The van der Waals surface area contributed by atoms with Gasteiger partial charge in [0.15, 0.2) is 5.78 Å². The molecular weight excluding hydrogens is 242 g/mol. The van der Waals surface area contributed by atoms with Crippen LogP contribution in [0.2, 0.25) is 0 Å². The lowest BCUT2D eigenvalue weighted by Gasteiger charge is -2.05. The van der Waals surface area contributed by atoms with E-state index >= 15 is 0 Å². The second-order valence-electron chi connectivity index (χ2n) is 4.05. The minimum Gasteiger partial charge on any atom is -0.497 e. The van der Waals surface area contributed by atoms with E-state index in [0.29, 0.717) is 19.4 Å². The van der Waals surface area contributed by atoms with Crippen LogP contribution in [0.4, 0.5) is 0 Å². The maximum absolute atomic E-state index is 11.5. The molecule has 1 rings (SSSR count). The first-order chi connectivity index (χ1) is 9.17. The number of hydrogen-bond donors (Lipinski definition) is 0. The summed E-state index contributed by atoms with van der Waals surface area (Å²) >= 11 is 0. The number of rotatable bonds is 7. The molecule has 0 saturated heterocycles. The zero-order valence-electron chi connectivity index (χ0n) is 11.2. The van der Waals surface area contributed by atoms with E-state index in [9.17, 15) is 4.79 Å². The summed E-state index contributed by atoms with van der Waals surface area (Å²) in [5.41, 5.74) is 9.97. The molecule has 5 nitrogen and oxygen atoms in total. The second-order valence-corrected chi connectivity index (χ2v) is 4.05. The van der Waals surface area contributed by atoms with Crippen LogP contribution in [0.25, 0.3) is 10.4 Å². The first-order valence-electron chi connectivity index (χ1n) is 6.01. The molecule has 19 heavy (non-hydrogen) atoms. The molecule has 0 radical (unpaired) electrons. The normalized spacial score (nSPS) is 10.7. The van der Waals surface area contributed by atoms with Crippen molar-refractivity contribution < 1.29 is 9.53 Å². The fraction of sp³-hybridized carbons (Fsp3) is 0.357. The van der Waals surface area contributed by atoms with Crippen LogP contribution in [0.5, 0.6) is 5.75 Å². The molecule has 0 aliphatic rings. The molecule has 5 heteroatoms. The molecule has 0 bridgehead atoms. The highest BCUT2D eigenvalue weighted by Crippen LogP contribution is 2.15. The quantitative estimate of drug-likeness (QED) is 0.247. The molecule has 0 fully saturated rings. The molecular formula is C14H17N3O2. The lowest BCUT2D eigenvalue weighted by Crippen LogP contribution is -2.01. The van der Waals surface area contributed by atoms with Crippen molar-refractivity contribution >= 4 is 5.78 Å². The number of hydrogen-bond acceptors (Lipinski definition) is 3. The first kappa shape index (κ1) is 14.8. The highest BCUT2D eigenvalue weighted by atomic mass is 16.5. The first-order valence-corrected chi connectivity index (χ1v) is 6.01. The van der Waals surface area contributed by atoms with Gasteiger partial charge < -0.3 is 4.74 Å². The molecule has 0 aliphatic heterocycles. The van der Waals surface area contributed by atoms with Crippen LogP contribution in [0.3, 0.4) is 0 Å². The van der Waals surface area contributed by atoms with Crippen molar-refractivity contribution in [1.29, 1.82) is 0 Å². The van der Waals surface area contributed by atoms with Crippen molar-refractivity contribution in [3.8, 4) is 5.75 Å². The van der Waals surface area contributed by atoms with E-state index < -0.39 is 0 Å². The van der Waals surface area contributed by atoms with E-state index in [1.54, 1.807) is 14.0 Å². The number of carbonyl (C=O) groups is 1. The van der Waals surface area contributed by atoms with Crippen molar-refractivity contribution in [3.05, 3.63) is 51.9 Å². The van der Waals surface area contributed by atoms with Gasteiger partial charge in [0.25, 0.3) is 0 Å². The average molecular weight is 259 g/mol. The van der Waals surface area contributed by atoms with Gasteiger partial charge in [-0.25, -0.2) is 0 Å². The molecule has 0 atom stereocenters. The smallest absolute Gasteiger partial charge is 0.155 e. The van der Waals surface area contributed by atoms with Gasteiger partial charge in [-0.2, -0.15) is 0 Å². The molecule has 1 aromatic rings. The van der Waals surface area contributed by atoms with Gasteiger partial charge in [-0.3, -0.25) is 4.79 Å². The summed E-state index contributed by atoms with van der Waals surface area (Å²) in [6.45, 7) is 1.92. The van der Waals surface area contributed by atoms with Crippen LogP contribution >= 0.6 is 0 Å². The van der Waals surface area contributed by atoms with Gasteiger partial charge in [-0.15, -0.1) is 0 Å². The third-order valence-corrected chi connectivity index (χ3v) is 2.69. The van der Waals surface area contributed by atoms with Crippen LogP contribution in [0.1, 0.15) is 18.9 Å². The molecule has 0 amide bonds. The van der Waals surface area contributed by atoms with Gasteiger partial charge in [0.2, 0.25) is 0 Å². The van der Waals surface area contributed by atoms with Gasteiger partial charge in [-0.1, -0.05) is 23.3 Å². The molecule has 0 spiro atoms. The van der Waals surface area contributed by atoms with Crippen LogP contribution in [-0.2, 0) is 11.2 Å². The van der Waals surface area contributed by atoms with Gasteiger partial charge in [0.1, 0.15) is 5.75 Å². The molecule has 0 saturated carbocycles. The molecule has 0 aliphatic carbocycles. The summed E-state index contributed by atoms with van der Waals surface area (Å²) in [5.74, 6) is 0.831. The highest BCUT2D eigenvalue weighted by Gasteiger charge is 2.05. The summed E-state index contributed by atoms with van der Waals surface area (Å²) < 4.78 is 5.09. The minimum absolute atomic E-state index is 0.0387. The number of ketones is 1. The fourth-order valence-corrected chi connectivity index (χ4v) is 1.64. The minimum atomic E-state index is 0.0387.